The second-order valence-corrected chi connectivity index (χ2v) is 5.96. The molecule has 0 saturated carbocycles. The van der Waals surface area contributed by atoms with Gasteiger partial charge in [-0.2, -0.15) is 0 Å². The van der Waals surface area contributed by atoms with Crippen molar-refractivity contribution in [2.24, 2.45) is 11.7 Å². The number of benzene rings is 1. The van der Waals surface area contributed by atoms with Gasteiger partial charge in [-0.1, -0.05) is 17.7 Å². The molecular formula is C15H23ClN2. The number of hydrogen-bond acceptors (Lipinski definition) is 2. The number of aryl methyl sites for hydroxylation is 1. The van der Waals surface area contributed by atoms with Crippen molar-refractivity contribution in [2.75, 3.05) is 13.1 Å². The van der Waals surface area contributed by atoms with Gasteiger partial charge in [0.15, 0.2) is 0 Å². The zero-order chi connectivity index (χ0) is 13.1. The van der Waals surface area contributed by atoms with E-state index in [1.165, 1.54) is 24.0 Å². The van der Waals surface area contributed by atoms with Gasteiger partial charge < -0.3 is 5.73 Å². The van der Waals surface area contributed by atoms with E-state index < -0.39 is 0 Å². The first kappa shape index (κ1) is 13.9. The average molecular weight is 267 g/mol. The van der Waals surface area contributed by atoms with Gasteiger partial charge in [0.25, 0.3) is 0 Å². The maximum atomic E-state index is 6.00. The average Bonchev–Trinajstić information content (AvgIpc) is 2.35. The molecule has 2 rings (SSSR count). The molecule has 2 nitrogen and oxygen atoms in total. The smallest absolute Gasteiger partial charge is 0.0408 e. The number of piperidine rings is 1. The highest BCUT2D eigenvalue weighted by atomic mass is 35.5. The first-order chi connectivity index (χ1) is 8.60. The van der Waals surface area contributed by atoms with Crippen molar-refractivity contribution in [3.05, 3.63) is 34.3 Å². The molecule has 0 aromatic heterocycles. The lowest BCUT2D eigenvalue weighted by Gasteiger charge is -2.38. The van der Waals surface area contributed by atoms with Crippen LogP contribution in [0, 0.1) is 12.8 Å². The summed E-state index contributed by atoms with van der Waals surface area (Å²) in [5.41, 5.74) is 8.47. The van der Waals surface area contributed by atoms with E-state index in [0.29, 0.717) is 12.0 Å². The molecule has 1 aliphatic rings. The number of nitrogens with zero attached hydrogens (tertiary/aromatic N) is 1. The van der Waals surface area contributed by atoms with Gasteiger partial charge >= 0.3 is 0 Å². The molecular weight excluding hydrogens is 244 g/mol. The molecule has 1 aliphatic heterocycles. The zero-order valence-electron chi connectivity index (χ0n) is 11.3. The van der Waals surface area contributed by atoms with Crippen molar-refractivity contribution in [3.8, 4) is 0 Å². The van der Waals surface area contributed by atoms with Gasteiger partial charge in [0, 0.05) is 24.2 Å². The van der Waals surface area contributed by atoms with Crippen LogP contribution in [0.25, 0.3) is 0 Å². The van der Waals surface area contributed by atoms with Crippen molar-refractivity contribution in [1.82, 2.24) is 4.90 Å². The minimum Gasteiger partial charge on any atom is -0.330 e. The standard InChI is InChI=1S/C15H23ClN2/c1-11-7-15(16)6-5-14(11)10-18-9-13(8-17)4-3-12(18)2/h5-7,12-13H,3-4,8-10,17H2,1-2H3. The molecule has 1 fully saturated rings. The van der Waals surface area contributed by atoms with Crippen molar-refractivity contribution in [2.45, 2.75) is 39.3 Å². The summed E-state index contributed by atoms with van der Waals surface area (Å²) in [5.74, 6) is 0.661. The molecule has 3 heteroatoms. The maximum absolute atomic E-state index is 6.00. The SMILES string of the molecule is Cc1cc(Cl)ccc1CN1CC(CN)CCC1C. The van der Waals surface area contributed by atoms with Crippen molar-refractivity contribution < 1.29 is 0 Å². The Labute approximate surface area is 115 Å². The second-order valence-electron chi connectivity index (χ2n) is 5.53. The van der Waals surface area contributed by atoms with Gasteiger partial charge in [-0.3, -0.25) is 4.90 Å². The summed E-state index contributed by atoms with van der Waals surface area (Å²) in [5, 5.41) is 0.822. The molecule has 2 atom stereocenters. The minimum atomic E-state index is 0.655. The predicted molar refractivity (Wildman–Crippen MR) is 77.8 cm³/mol. The van der Waals surface area contributed by atoms with Crippen LogP contribution in [0.3, 0.4) is 0 Å². The molecule has 1 heterocycles. The summed E-state index contributed by atoms with van der Waals surface area (Å²) < 4.78 is 0. The third-order valence-corrected chi connectivity index (χ3v) is 4.36. The van der Waals surface area contributed by atoms with E-state index in [4.69, 9.17) is 17.3 Å². The fraction of sp³-hybridized carbons (Fsp3) is 0.600. The summed E-state index contributed by atoms with van der Waals surface area (Å²) >= 11 is 6.00. The minimum absolute atomic E-state index is 0.655. The topological polar surface area (TPSA) is 29.3 Å². The highest BCUT2D eigenvalue weighted by Gasteiger charge is 2.24. The van der Waals surface area contributed by atoms with E-state index in [0.717, 1.165) is 24.7 Å². The second kappa shape index (κ2) is 6.05. The summed E-state index contributed by atoms with van der Waals surface area (Å²) in [6, 6.07) is 6.84. The van der Waals surface area contributed by atoms with E-state index in [-0.39, 0.29) is 0 Å². The van der Waals surface area contributed by atoms with Gasteiger partial charge in [-0.05, 0) is 62.4 Å². The van der Waals surface area contributed by atoms with Gasteiger partial charge in [0.2, 0.25) is 0 Å². The Balaban J connectivity index is 2.07. The van der Waals surface area contributed by atoms with Gasteiger partial charge in [0.1, 0.15) is 0 Å². The quantitative estimate of drug-likeness (QED) is 0.910. The van der Waals surface area contributed by atoms with Crippen LogP contribution < -0.4 is 5.73 Å². The third kappa shape index (κ3) is 3.25. The Bertz CT molecular complexity index is 405. The van der Waals surface area contributed by atoms with E-state index >= 15 is 0 Å². The lowest BCUT2D eigenvalue weighted by molar-refractivity contribution is 0.113. The van der Waals surface area contributed by atoms with Crippen LogP contribution in [-0.2, 0) is 6.54 Å². The number of likely N-dealkylation sites (tertiary alicyclic amines) is 1. The molecule has 0 aliphatic carbocycles. The molecule has 0 amide bonds. The van der Waals surface area contributed by atoms with Crippen molar-refractivity contribution in [1.29, 1.82) is 0 Å². The van der Waals surface area contributed by atoms with Gasteiger partial charge in [0.05, 0.1) is 0 Å². The van der Waals surface area contributed by atoms with E-state index in [9.17, 15) is 0 Å². The van der Waals surface area contributed by atoms with Gasteiger partial charge in [-0.25, -0.2) is 0 Å². The van der Waals surface area contributed by atoms with Crippen LogP contribution in [0.5, 0.6) is 0 Å². The summed E-state index contributed by atoms with van der Waals surface area (Å²) in [4.78, 5) is 2.55. The molecule has 0 bridgehead atoms. The summed E-state index contributed by atoms with van der Waals surface area (Å²) in [6.45, 7) is 7.40. The molecule has 0 radical (unpaired) electrons. The van der Waals surface area contributed by atoms with Crippen LogP contribution in [0.1, 0.15) is 30.9 Å². The number of hydrogen-bond donors (Lipinski definition) is 1. The molecule has 18 heavy (non-hydrogen) atoms. The molecule has 1 aromatic carbocycles. The molecule has 1 saturated heterocycles. The lowest BCUT2D eigenvalue weighted by atomic mass is 9.93. The fourth-order valence-electron chi connectivity index (χ4n) is 2.73. The summed E-state index contributed by atoms with van der Waals surface area (Å²) in [6.07, 6.45) is 2.53. The molecule has 2 unspecified atom stereocenters. The largest absolute Gasteiger partial charge is 0.330 e. The van der Waals surface area contributed by atoms with Crippen molar-refractivity contribution >= 4 is 11.6 Å². The monoisotopic (exact) mass is 266 g/mol. The maximum Gasteiger partial charge on any atom is 0.0408 e. The van der Waals surface area contributed by atoms with E-state index in [1.807, 2.05) is 12.1 Å². The highest BCUT2D eigenvalue weighted by Crippen LogP contribution is 2.24. The fourth-order valence-corrected chi connectivity index (χ4v) is 2.96. The van der Waals surface area contributed by atoms with Crippen molar-refractivity contribution in [3.63, 3.8) is 0 Å². The first-order valence-electron chi connectivity index (χ1n) is 6.79. The summed E-state index contributed by atoms with van der Waals surface area (Å²) in [7, 11) is 0. The Hall–Kier alpha value is -0.570. The van der Waals surface area contributed by atoms with Crippen LogP contribution in [0.4, 0.5) is 0 Å². The normalized spacial score (nSPS) is 25.3. The van der Waals surface area contributed by atoms with E-state index in [2.05, 4.69) is 24.8 Å². The van der Waals surface area contributed by atoms with Crippen LogP contribution in [-0.4, -0.2) is 24.0 Å². The molecule has 2 N–H and O–H groups in total. The molecule has 0 spiro atoms. The number of rotatable bonds is 3. The number of nitrogens with two attached hydrogens (primary N) is 1. The molecule has 100 valence electrons. The Morgan fingerprint density at radius 3 is 2.83 bits per heavy atom. The lowest BCUT2D eigenvalue weighted by Crippen LogP contribution is -2.43. The predicted octanol–water partition coefficient (Wildman–Crippen LogP) is 3.21. The zero-order valence-corrected chi connectivity index (χ0v) is 12.1. The van der Waals surface area contributed by atoms with Crippen LogP contribution >= 0.6 is 11.6 Å². The highest BCUT2D eigenvalue weighted by molar-refractivity contribution is 6.30. The third-order valence-electron chi connectivity index (χ3n) is 4.12. The van der Waals surface area contributed by atoms with Crippen LogP contribution in [0.15, 0.2) is 18.2 Å². The van der Waals surface area contributed by atoms with E-state index in [1.54, 1.807) is 0 Å². The first-order valence-corrected chi connectivity index (χ1v) is 7.17. The van der Waals surface area contributed by atoms with Gasteiger partial charge in [-0.15, -0.1) is 0 Å². The number of halogens is 1. The molecule has 1 aromatic rings. The Morgan fingerprint density at radius 2 is 2.17 bits per heavy atom. The Morgan fingerprint density at radius 1 is 1.39 bits per heavy atom. The van der Waals surface area contributed by atoms with Crippen LogP contribution in [0.2, 0.25) is 5.02 Å². The Kier molecular flexibility index (Phi) is 4.66.